The number of halogens is 14. The number of alkyl halides is 12. The number of hydrogen-bond acceptors (Lipinski definition) is 0. The van der Waals surface area contributed by atoms with Crippen molar-refractivity contribution in [2.45, 2.75) is 141 Å². The van der Waals surface area contributed by atoms with Crippen LogP contribution in [0.5, 0.6) is 0 Å². The van der Waals surface area contributed by atoms with Crippen LogP contribution in [0.3, 0.4) is 0 Å². The molecule has 16 heteroatoms. The van der Waals surface area contributed by atoms with Crippen LogP contribution in [0.25, 0.3) is 43.8 Å². The van der Waals surface area contributed by atoms with E-state index in [1.54, 1.807) is 24.3 Å². The van der Waals surface area contributed by atoms with E-state index in [0.29, 0.717) is 33.7 Å². The van der Waals surface area contributed by atoms with Crippen molar-refractivity contribution in [2.24, 2.45) is 11.8 Å². The Balaban J connectivity index is 0.000000226. The van der Waals surface area contributed by atoms with Crippen LogP contribution in [0.2, 0.25) is 12.6 Å². The van der Waals surface area contributed by atoms with Crippen LogP contribution in [0.15, 0.2) is 97.1 Å². The SMILES string of the molecule is CCC[Si]C.FC(F)(F)c1cc(-c2cccc3[cH-]c(CC4CCCCCC4)cc23)cc(C(F)(F)F)c1.FC(F)(F)c1cc(-c2cccc3[cH-]c(CC4CCCCCC4)cc23)cc(C(F)(F)F)c1.[Cl][Zr+2][Cl]. The Bertz CT molecular complexity index is 2300. The molecule has 0 atom stereocenters. The maximum absolute atomic E-state index is 13.3. The van der Waals surface area contributed by atoms with Gasteiger partial charge >= 0.3 is 62.6 Å². The average molecular weight is 1120 g/mol. The Kier molecular flexibility index (Phi) is 21.7. The van der Waals surface area contributed by atoms with Gasteiger partial charge in [0.15, 0.2) is 0 Å². The normalized spacial score (nSPS) is 15.4. The summed E-state index contributed by atoms with van der Waals surface area (Å²) in [6.07, 6.45) is -1.81. The third kappa shape index (κ3) is 17.0. The monoisotopic (exact) mass is 1120 g/mol. The quantitative estimate of drug-likeness (QED) is 0.0617. The van der Waals surface area contributed by atoms with Gasteiger partial charge in [-0.05, 0) is 72.2 Å². The Morgan fingerprint density at radius 2 is 0.814 bits per heavy atom. The molecule has 6 aromatic carbocycles. The molecule has 0 aliphatic heterocycles. The molecular formula is C54H56Cl2F12SiZr. The molecule has 0 N–H and O–H groups in total. The topological polar surface area (TPSA) is 0 Å². The van der Waals surface area contributed by atoms with E-state index in [1.807, 2.05) is 36.4 Å². The summed E-state index contributed by atoms with van der Waals surface area (Å²) in [5.41, 5.74) is -2.34. The van der Waals surface area contributed by atoms with Crippen LogP contribution < -0.4 is 0 Å². The average Bonchev–Trinajstić information content (AvgIpc) is 3.68. The van der Waals surface area contributed by atoms with E-state index in [4.69, 9.17) is 17.0 Å². The number of hydrogen-bond donors (Lipinski definition) is 0. The van der Waals surface area contributed by atoms with Gasteiger partial charge in [-0.3, -0.25) is 0 Å². The summed E-state index contributed by atoms with van der Waals surface area (Å²) in [4.78, 5) is 0. The first kappa shape index (κ1) is 57.8. The molecule has 2 saturated carbocycles. The zero-order chi connectivity index (χ0) is 51.3. The fourth-order valence-corrected chi connectivity index (χ4v) is 10.1. The molecule has 0 saturated heterocycles. The van der Waals surface area contributed by atoms with Gasteiger partial charge in [0.25, 0.3) is 0 Å². The Hall–Kier alpha value is -3.06. The summed E-state index contributed by atoms with van der Waals surface area (Å²) < 4.78 is 160. The summed E-state index contributed by atoms with van der Waals surface area (Å²) in [6, 6.07) is 23.1. The van der Waals surface area contributed by atoms with Crippen molar-refractivity contribution in [3.05, 3.63) is 130 Å². The van der Waals surface area contributed by atoms with Gasteiger partial charge < -0.3 is 0 Å². The molecule has 8 rings (SSSR count). The van der Waals surface area contributed by atoms with Gasteiger partial charge in [0.2, 0.25) is 0 Å². The fraction of sp³-hybridized carbons (Fsp3) is 0.444. The van der Waals surface area contributed by atoms with Crippen molar-refractivity contribution < 1.29 is 73.5 Å². The van der Waals surface area contributed by atoms with E-state index in [0.717, 1.165) is 94.2 Å². The Labute approximate surface area is 424 Å². The van der Waals surface area contributed by atoms with E-state index < -0.39 is 67.8 Å². The van der Waals surface area contributed by atoms with Crippen molar-refractivity contribution in [2.75, 3.05) is 0 Å². The first-order valence-electron chi connectivity index (χ1n) is 23.6. The van der Waals surface area contributed by atoms with Crippen LogP contribution in [-0.4, -0.2) is 9.52 Å². The predicted molar refractivity (Wildman–Crippen MR) is 258 cm³/mol. The molecule has 6 aromatic rings. The Morgan fingerprint density at radius 3 is 1.07 bits per heavy atom. The second-order valence-corrected chi connectivity index (χ2v) is 23.2. The minimum atomic E-state index is -4.86. The van der Waals surface area contributed by atoms with Gasteiger partial charge in [-0.25, -0.2) is 0 Å². The molecule has 2 aliphatic rings. The third-order valence-corrected chi connectivity index (χ3v) is 13.9. The minimum absolute atomic E-state index is 0.0700. The molecule has 2 aliphatic carbocycles. The van der Waals surface area contributed by atoms with Gasteiger partial charge in [0.1, 0.15) is 0 Å². The zero-order valence-corrected chi connectivity index (χ0v) is 44.0. The second kappa shape index (κ2) is 26.2. The van der Waals surface area contributed by atoms with Crippen LogP contribution >= 0.6 is 17.0 Å². The second-order valence-electron chi connectivity index (χ2n) is 18.2. The van der Waals surface area contributed by atoms with E-state index in [2.05, 4.69) is 13.5 Å². The summed E-state index contributed by atoms with van der Waals surface area (Å²) >= 11 is -0.826. The van der Waals surface area contributed by atoms with Crippen molar-refractivity contribution in [3.8, 4) is 22.3 Å². The van der Waals surface area contributed by atoms with Gasteiger partial charge in [0, 0.05) is 9.52 Å². The van der Waals surface area contributed by atoms with Gasteiger partial charge in [-0.2, -0.15) is 64.8 Å². The van der Waals surface area contributed by atoms with Crippen molar-refractivity contribution in [1.82, 2.24) is 0 Å². The zero-order valence-electron chi connectivity index (χ0n) is 39.0. The van der Waals surface area contributed by atoms with Crippen LogP contribution in [0, 0.1) is 11.8 Å². The molecule has 0 bridgehead atoms. The van der Waals surface area contributed by atoms with E-state index in [-0.39, 0.29) is 23.3 Å². The molecular weight excluding hydrogens is 1070 g/mol. The molecule has 378 valence electrons. The van der Waals surface area contributed by atoms with Crippen LogP contribution in [0.1, 0.15) is 124 Å². The van der Waals surface area contributed by atoms with Gasteiger partial charge in [-0.1, -0.05) is 126 Å². The number of fused-ring (bicyclic) bond motifs is 2. The summed E-state index contributed by atoms with van der Waals surface area (Å²) in [5.74, 6) is 1.15. The van der Waals surface area contributed by atoms with Crippen LogP contribution in [-0.2, 0) is 58.4 Å². The van der Waals surface area contributed by atoms with Crippen molar-refractivity contribution in [3.63, 3.8) is 0 Å². The van der Waals surface area contributed by atoms with E-state index >= 15 is 0 Å². The van der Waals surface area contributed by atoms with Crippen molar-refractivity contribution in [1.29, 1.82) is 0 Å². The molecule has 2 fully saturated rings. The first-order chi connectivity index (χ1) is 33.0. The van der Waals surface area contributed by atoms with Crippen molar-refractivity contribution >= 4 is 48.1 Å². The third-order valence-electron chi connectivity index (χ3n) is 12.9. The van der Waals surface area contributed by atoms with Gasteiger partial charge in [-0.15, -0.1) is 69.1 Å². The Morgan fingerprint density at radius 1 is 0.500 bits per heavy atom. The molecule has 0 nitrogen and oxygen atoms in total. The molecule has 0 heterocycles. The van der Waals surface area contributed by atoms with Gasteiger partial charge in [0.05, 0.1) is 22.3 Å². The molecule has 0 aromatic heterocycles. The van der Waals surface area contributed by atoms with Crippen LogP contribution in [0.4, 0.5) is 52.7 Å². The molecule has 70 heavy (non-hydrogen) atoms. The maximum atomic E-state index is 13.3. The molecule has 0 amide bonds. The van der Waals surface area contributed by atoms with E-state index in [9.17, 15) is 52.7 Å². The predicted octanol–water partition coefficient (Wildman–Crippen LogP) is 20.5. The summed E-state index contributed by atoms with van der Waals surface area (Å²) in [5, 5.41) is 3.07. The fourth-order valence-electron chi connectivity index (χ4n) is 9.61. The van der Waals surface area contributed by atoms with E-state index in [1.165, 1.54) is 63.8 Å². The first-order valence-corrected chi connectivity index (χ1v) is 31.7. The standard InChI is InChI=1S/2C25H23F6.C4H10Si.2ClH.Zr/c2*26-24(27,28)20-13-19(14-21(15-20)25(29,30)31)22-9-5-8-18-11-17(12-23(18)22)10-16-6-3-1-2-4-7-16;1-3-4-5-2;;;/h2*5,8-9,11-16H,1-4,6-7,10H2;3-4H2,1-2H3;2*1H;/q2*-1;;;;+4/p-2. The number of rotatable bonds is 8. The molecule has 2 radical (unpaired) electrons. The molecule has 0 unspecified atom stereocenters. The number of benzene rings is 4. The summed E-state index contributed by atoms with van der Waals surface area (Å²) in [7, 11) is 11.0. The molecule has 0 spiro atoms. The summed E-state index contributed by atoms with van der Waals surface area (Å²) in [6.45, 7) is 4.46.